The van der Waals surface area contributed by atoms with Crippen LogP contribution in [-0.2, 0) is 11.3 Å². The molecule has 5 nitrogen and oxygen atoms in total. The highest BCUT2D eigenvalue weighted by Gasteiger charge is 2.11. The zero-order chi connectivity index (χ0) is 12.2. The van der Waals surface area contributed by atoms with Gasteiger partial charge in [-0.3, -0.25) is 0 Å². The SMILES string of the molecule is c1cc(Cn2ccnn2)cc(N2CCOCC2)c1. The Hall–Kier alpha value is -1.88. The van der Waals surface area contributed by atoms with Crippen LogP contribution in [0.5, 0.6) is 0 Å². The van der Waals surface area contributed by atoms with Gasteiger partial charge < -0.3 is 9.64 Å². The van der Waals surface area contributed by atoms with E-state index >= 15 is 0 Å². The van der Waals surface area contributed by atoms with Gasteiger partial charge in [-0.15, -0.1) is 5.10 Å². The second kappa shape index (κ2) is 5.18. The number of hydrogen-bond acceptors (Lipinski definition) is 4. The molecule has 2 aromatic rings. The maximum Gasteiger partial charge on any atom is 0.0693 e. The molecule has 0 aliphatic carbocycles. The number of aromatic nitrogens is 3. The molecule has 0 spiro atoms. The van der Waals surface area contributed by atoms with Gasteiger partial charge in [0.25, 0.3) is 0 Å². The van der Waals surface area contributed by atoms with E-state index < -0.39 is 0 Å². The van der Waals surface area contributed by atoms with Crippen molar-refractivity contribution >= 4 is 5.69 Å². The lowest BCUT2D eigenvalue weighted by Crippen LogP contribution is -2.36. The van der Waals surface area contributed by atoms with E-state index in [2.05, 4.69) is 39.5 Å². The second-order valence-electron chi connectivity index (χ2n) is 4.37. The lowest BCUT2D eigenvalue weighted by atomic mass is 10.2. The van der Waals surface area contributed by atoms with E-state index in [-0.39, 0.29) is 0 Å². The van der Waals surface area contributed by atoms with Gasteiger partial charge in [-0.25, -0.2) is 4.68 Å². The maximum atomic E-state index is 5.37. The summed E-state index contributed by atoms with van der Waals surface area (Å²) < 4.78 is 7.20. The minimum atomic E-state index is 0.762. The topological polar surface area (TPSA) is 43.2 Å². The molecule has 18 heavy (non-hydrogen) atoms. The first-order valence-corrected chi connectivity index (χ1v) is 6.17. The largest absolute Gasteiger partial charge is 0.378 e. The highest BCUT2D eigenvalue weighted by molar-refractivity contribution is 5.48. The van der Waals surface area contributed by atoms with Gasteiger partial charge in [0.2, 0.25) is 0 Å². The number of hydrogen-bond donors (Lipinski definition) is 0. The maximum absolute atomic E-state index is 5.37. The van der Waals surface area contributed by atoms with E-state index in [1.54, 1.807) is 6.20 Å². The molecule has 1 aliphatic heterocycles. The molecule has 94 valence electrons. The smallest absolute Gasteiger partial charge is 0.0693 e. The Balaban J connectivity index is 1.76. The van der Waals surface area contributed by atoms with Crippen molar-refractivity contribution in [2.24, 2.45) is 0 Å². The van der Waals surface area contributed by atoms with Crippen LogP contribution < -0.4 is 4.90 Å². The molecule has 0 amide bonds. The third-order valence-electron chi connectivity index (χ3n) is 3.10. The van der Waals surface area contributed by atoms with Crippen LogP contribution in [0.25, 0.3) is 0 Å². The monoisotopic (exact) mass is 244 g/mol. The van der Waals surface area contributed by atoms with Crippen LogP contribution in [0.3, 0.4) is 0 Å². The van der Waals surface area contributed by atoms with Crippen molar-refractivity contribution in [3.63, 3.8) is 0 Å². The summed E-state index contributed by atoms with van der Waals surface area (Å²) in [6, 6.07) is 8.58. The molecule has 2 heterocycles. The molecule has 1 aromatic heterocycles. The Kier molecular flexibility index (Phi) is 3.23. The Morgan fingerprint density at radius 2 is 2.11 bits per heavy atom. The normalized spacial score (nSPS) is 15.9. The molecule has 0 saturated carbocycles. The molecule has 0 N–H and O–H groups in total. The fourth-order valence-electron chi connectivity index (χ4n) is 2.18. The summed E-state index contributed by atoms with van der Waals surface area (Å²) in [4.78, 5) is 2.36. The molecular formula is C13H16N4O. The molecule has 0 unspecified atom stereocenters. The molecule has 3 rings (SSSR count). The number of benzene rings is 1. The summed E-state index contributed by atoms with van der Waals surface area (Å²) in [7, 11) is 0. The van der Waals surface area contributed by atoms with Crippen LogP contribution in [0.15, 0.2) is 36.7 Å². The predicted octanol–water partition coefficient (Wildman–Crippen LogP) is 1.16. The van der Waals surface area contributed by atoms with Crippen molar-refractivity contribution in [2.45, 2.75) is 6.54 Å². The standard InChI is InChI=1S/C13H16N4O/c1-2-12(11-17-5-4-14-15-17)10-13(3-1)16-6-8-18-9-7-16/h1-5,10H,6-9,11H2. The Labute approximate surface area is 106 Å². The summed E-state index contributed by atoms with van der Waals surface area (Å²) in [5, 5.41) is 7.80. The highest BCUT2D eigenvalue weighted by atomic mass is 16.5. The zero-order valence-corrected chi connectivity index (χ0v) is 10.2. The van der Waals surface area contributed by atoms with Gasteiger partial charge in [-0.1, -0.05) is 17.3 Å². The van der Waals surface area contributed by atoms with Crippen molar-refractivity contribution in [1.82, 2.24) is 15.0 Å². The van der Waals surface area contributed by atoms with Gasteiger partial charge in [0.1, 0.15) is 0 Å². The summed E-state index contributed by atoms with van der Waals surface area (Å²) in [6.45, 7) is 4.32. The number of rotatable bonds is 3. The van der Waals surface area contributed by atoms with Gasteiger partial charge >= 0.3 is 0 Å². The second-order valence-corrected chi connectivity index (χ2v) is 4.37. The minimum Gasteiger partial charge on any atom is -0.378 e. The number of ether oxygens (including phenoxy) is 1. The minimum absolute atomic E-state index is 0.762. The quantitative estimate of drug-likeness (QED) is 0.812. The Morgan fingerprint density at radius 3 is 2.89 bits per heavy atom. The van der Waals surface area contributed by atoms with Gasteiger partial charge in [0, 0.05) is 25.0 Å². The van der Waals surface area contributed by atoms with Crippen LogP contribution in [-0.4, -0.2) is 41.3 Å². The molecule has 0 bridgehead atoms. The summed E-state index contributed by atoms with van der Waals surface area (Å²) in [6.07, 6.45) is 3.58. The third-order valence-corrected chi connectivity index (χ3v) is 3.10. The van der Waals surface area contributed by atoms with Crippen molar-refractivity contribution in [3.05, 3.63) is 42.2 Å². The van der Waals surface area contributed by atoms with Crippen LogP contribution >= 0.6 is 0 Å². The van der Waals surface area contributed by atoms with Crippen molar-refractivity contribution in [2.75, 3.05) is 31.2 Å². The van der Waals surface area contributed by atoms with Crippen molar-refractivity contribution < 1.29 is 4.74 Å². The van der Waals surface area contributed by atoms with E-state index in [1.165, 1.54) is 11.3 Å². The van der Waals surface area contributed by atoms with E-state index in [4.69, 9.17) is 4.74 Å². The van der Waals surface area contributed by atoms with Gasteiger partial charge in [0.15, 0.2) is 0 Å². The van der Waals surface area contributed by atoms with Crippen LogP contribution in [0.4, 0.5) is 5.69 Å². The fourth-order valence-corrected chi connectivity index (χ4v) is 2.18. The number of nitrogens with zero attached hydrogens (tertiary/aromatic N) is 4. The van der Waals surface area contributed by atoms with Gasteiger partial charge in [-0.05, 0) is 17.7 Å². The average molecular weight is 244 g/mol. The van der Waals surface area contributed by atoms with Crippen molar-refractivity contribution in [1.29, 1.82) is 0 Å². The molecule has 1 fully saturated rings. The summed E-state index contributed by atoms with van der Waals surface area (Å²) >= 11 is 0. The zero-order valence-electron chi connectivity index (χ0n) is 10.2. The molecule has 0 radical (unpaired) electrons. The molecule has 5 heteroatoms. The Bertz CT molecular complexity index is 491. The van der Waals surface area contributed by atoms with Crippen LogP contribution in [0, 0.1) is 0 Å². The first-order valence-electron chi connectivity index (χ1n) is 6.17. The first kappa shape index (κ1) is 11.2. The first-order chi connectivity index (χ1) is 8.92. The molecule has 1 aromatic carbocycles. The van der Waals surface area contributed by atoms with Gasteiger partial charge in [0.05, 0.1) is 26.0 Å². The molecule has 1 saturated heterocycles. The number of anilines is 1. The van der Waals surface area contributed by atoms with Gasteiger partial charge in [-0.2, -0.15) is 0 Å². The predicted molar refractivity (Wildman–Crippen MR) is 68.6 cm³/mol. The highest BCUT2D eigenvalue weighted by Crippen LogP contribution is 2.17. The fraction of sp³-hybridized carbons (Fsp3) is 0.385. The van der Waals surface area contributed by atoms with E-state index in [9.17, 15) is 0 Å². The average Bonchev–Trinajstić information content (AvgIpc) is 2.93. The van der Waals surface area contributed by atoms with Crippen LogP contribution in [0.1, 0.15) is 5.56 Å². The summed E-state index contributed by atoms with van der Waals surface area (Å²) in [5.74, 6) is 0. The van der Waals surface area contributed by atoms with Crippen molar-refractivity contribution in [3.8, 4) is 0 Å². The lowest BCUT2D eigenvalue weighted by Gasteiger charge is -2.29. The summed E-state index contributed by atoms with van der Waals surface area (Å²) in [5.41, 5.74) is 2.50. The van der Waals surface area contributed by atoms with E-state index in [1.807, 2.05) is 10.9 Å². The molecule has 0 atom stereocenters. The van der Waals surface area contributed by atoms with E-state index in [0.717, 1.165) is 32.8 Å². The Morgan fingerprint density at radius 1 is 1.22 bits per heavy atom. The van der Waals surface area contributed by atoms with E-state index in [0.29, 0.717) is 0 Å². The number of morpholine rings is 1. The third kappa shape index (κ3) is 2.51. The molecule has 1 aliphatic rings. The van der Waals surface area contributed by atoms with Crippen LogP contribution in [0.2, 0.25) is 0 Å². The molecular weight excluding hydrogens is 228 g/mol. The lowest BCUT2D eigenvalue weighted by molar-refractivity contribution is 0.122.